The maximum Gasteiger partial charge on any atom is 0.205 e. The summed E-state index contributed by atoms with van der Waals surface area (Å²) in [6.07, 6.45) is 4.51. The Hall–Kier alpha value is -0.680. The molecule has 1 saturated heterocycles. The molecule has 1 aromatic heterocycles. The average Bonchev–Trinajstić information content (AvgIpc) is 2.97. The second-order valence-corrected chi connectivity index (χ2v) is 5.31. The molecule has 2 rings (SSSR count). The lowest BCUT2D eigenvalue weighted by atomic mass is 10.2. The SMILES string of the molecule is CCCc1nsc(N(CCC)C2CCNC2)n1. The number of aryl methyl sites for hydroxylation is 1. The van der Waals surface area contributed by atoms with Gasteiger partial charge in [-0.05, 0) is 25.8 Å². The van der Waals surface area contributed by atoms with Crippen molar-refractivity contribution in [3.63, 3.8) is 0 Å². The summed E-state index contributed by atoms with van der Waals surface area (Å²) >= 11 is 1.56. The molecule has 0 aliphatic carbocycles. The molecule has 96 valence electrons. The normalized spacial score (nSPS) is 19.8. The standard InChI is InChI=1S/C12H22N4S/c1-3-5-11-14-12(17-15-11)16(8-4-2)10-6-7-13-9-10/h10,13H,3-9H2,1-2H3. The lowest BCUT2D eigenvalue weighted by Crippen LogP contribution is -2.37. The van der Waals surface area contributed by atoms with Gasteiger partial charge in [-0.3, -0.25) is 0 Å². The topological polar surface area (TPSA) is 41.1 Å². The molecule has 1 aliphatic heterocycles. The predicted molar refractivity (Wildman–Crippen MR) is 72.8 cm³/mol. The molecule has 0 spiro atoms. The van der Waals surface area contributed by atoms with Crippen molar-refractivity contribution < 1.29 is 0 Å². The first-order valence-electron chi connectivity index (χ1n) is 6.65. The van der Waals surface area contributed by atoms with Gasteiger partial charge < -0.3 is 10.2 Å². The Morgan fingerprint density at radius 2 is 2.29 bits per heavy atom. The zero-order valence-electron chi connectivity index (χ0n) is 10.8. The Morgan fingerprint density at radius 1 is 1.41 bits per heavy atom. The van der Waals surface area contributed by atoms with Crippen LogP contribution in [0.15, 0.2) is 0 Å². The Labute approximate surface area is 108 Å². The van der Waals surface area contributed by atoms with Gasteiger partial charge >= 0.3 is 0 Å². The molecule has 0 saturated carbocycles. The second kappa shape index (κ2) is 6.31. The predicted octanol–water partition coefficient (Wildman–Crippen LogP) is 2.07. The summed E-state index contributed by atoms with van der Waals surface area (Å²) in [4.78, 5) is 7.11. The van der Waals surface area contributed by atoms with E-state index in [4.69, 9.17) is 0 Å². The zero-order chi connectivity index (χ0) is 12.1. The van der Waals surface area contributed by atoms with E-state index < -0.39 is 0 Å². The fourth-order valence-electron chi connectivity index (χ4n) is 2.27. The first-order chi connectivity index (χ1) is 8.35. The average molecular weight is 254 g/mol. The molecule has 1 aromatic rings. The number of rotatable bonds is 6. The summed E-state index contributed by atoms with van der Waals surface area (Å²) in [6.45, 7) is 7.70. The van der Waals surface area contributed by atoms with Crippen LogP contribution < -0.4 is 10.2 Å². The Morgan fingerprint density at radius 3 is 2.94 bits per heavy atom. The van der Waals surface area contributed by atoms with E-state index in [2.05, 4.69) is 33.4 Å². The lowest BCUT2D eigenvalue weighted by Gasteiger charge is -2.27. The van der Waals surface area contributed by atoms with E-state index in [1.165, 1.54) is 12.8 Å². The first kappa shape index (κ1) is 12.8. The minimum atomic E-state index is 0.609. The molecule has 0 radical (unpaired) electrons. The summed E-state index contributed by atoms with van der Waals surface area (Å²) in [5.74, 6) is 1.01. The molecular formula is C12H22N4S. The highest BCUT2D eigenvalue weighted by Crippen LogP contribution is 2.23. The van der Waals surface area contributed by atoms with Crippen LogP contribution in [0.2, 0.25) is 0 Å². The quantitative estimate of drug-likeness (QED) is 0.844. The maximum absolute atomic E-state index is 4.67. The number of hydrogen-bond acceptors (Lipinski definition) is 5. The minimum absolute atomic E-state index is 0.609. The molecule has 1 atom stereocenters. The Balaban J connectivity index is 2.07. The fraction of sp³-hybridized carbons (Fsp3) is 0.833. The third-order valence-electron chi connectivity index (χ3n) is 3.12. The van der Waals surface area contributed by atoms with E-state index in [-0.39, 0.29) is 0 Å². The third kappa shape index (κ3) is 3.16. The van der Waals surface area contributed by atoms with Crippen LogP contribution in [0.4, 0.5) is 5.13 Å². The van der Waals surface area contributed by atoms with Crippen LogP contribution in [0, 0.1) is 0 Å². The van der Waals surface area contributed by atoms with Gasteiger partial charge in [-0.2, -0.15) is 4.37 Å². The summed E-state index contributed by atoms with van der Waals surface area (Å²) in [6, 6.07) is 0.609. The molecule has 1 fully saturated rings. The van der Waals surface area contributed by atoms with Gasteiger partial charge in [0.1, 0.15) is 5.82 Å². The summed E-state index contributed by atoms with van der Waals surface area (Å²) in [5, 5.41) is 4.54. The van der Waals surface area contributed by atoms with Crippen LogP contribution in [0.1, 0.15) is 38.9 Å². The number of aromatic nitrogens is 2. The highest BCUT2D eigenvalue weighted by atomic mass is 32.1. The third-order valence-corrected chi connectivity index (χ3v) is 3.91. The molecule has 1 aliphatic rings. The zero-order valence-corrected chi connectivity index (χ0v) is 11.6. The van der Waals surface area contributed by atoms with Crippen molar-refractivity contribution in [3.05, 3.63) is 5.82 Å². The fourth-order valence-corrected chi connectivity index (χ4v) is 3.08. The van der Waals surface area contributed by atoms with Gasteiger partial charge in [-0.25, -0.2) is 4.98 Å². The maximum atomic E-state index is 4.67. The van der Waals surface area contributed by atoms with Crippen molar-refractivity contribution in [2.75, 3.05) is 24.5 Å². The summed E-state index contributed by atoms with van der Waals surface area (Å²) in [5.41, 5.74) is 0. The summed E-state index contributed by atoms with van der Waals surface area (Å²) < 4.78 is 4.45. The van der Waals surface area contributed by atoms with Crippen LogP contribution in [0.25, 0.3) is 0 Å². The molecule has 0 amide bonds. The van der Waals surface area contributed by atoms with Crippen molar-refractivity contribution in [2.24, 2.45) is 0 Å². The van der Waals surface area contributed by atoms with Crippen molar-refractivity contribution >= 4 is 16.7 Å². The van der Waals surface area contributed by atoms with Crippen molar-refractivity contribution in [3.8, 4) is 0 Å². The lowest BCUT2D eigenvalue weighted by molar-refractivity contribution is 0.622. The van der Waals surface area contributed by atoms with E-state index in [1.807, 2.05) is 0 Å². The van der Waals surface area contributed by atoms with Crippen molar-refractivity contribution in [1.82, 2.24) is 14.7 Å². The van der Waals surface area contributed by atoms with Gasteiger partial charge in [-0.15, -0.1) is 0 Å². The number of anilines is 1. The van der Waals surface area contributed by atoms with Crippen LogP contribution in [-0.4, -0.2) is 35.0 Å². The van der Waals surface area contributed by atoms with Gasteiger partial charge in [0.05, 0.1) is 0 Å². The smallest absolute Gasteiger partial charge is 0.205 e. The molecule has 0 aromatic carbocycles. The molecule has 17 heavy (non-hydrogen) atoms. The van der Waals surface area contributed by atoms with Gasteiger partial charge in [0, 0.05) is 37.1 Å². The van der Waals surface area contributed by atoms with Gasteiger partial charge in [0.15, 0.2) is 0 Å². The molecular weight excluding hydrogens is 232 g/mol. The highest BCUT2D eigenvalue weighted by Gasteiger charge is 2.24. The van der Waals surface area contributed by atoms with E-state index in [1.54, 1.807) is 11.5 Å². The second-order valence-electron chi connectivity index (χ2n) is 4.58. The molecule has 0 bridgehead atoms. The number of nitrogens with one attached hydrogen (secondary N) is 1. The van der Waals surface area contributed by atoms with Crippen LogP contribution in [-0.2, 0) is 6.42 Å². The monoisotopic (exact) mass is 254 g/mol. The van der Waals surface area contributed by atoms with Crippen LogP contribution in [0.5, 0.6) is 0 Å². The first-order valence-corrected chi connectivity index (χ1v) is 7.42. The van der Waals surface area contributed by atoms with Gasteiger partial charge in [0.2, 0.25) is 5.13 Å². The largest absolute Gasteiger partial charge is 0.343 e. The van der Waals surface area contributed by atoms with Gasteiger partial charge in [-0.1, -0.05) is 13.8 Å². The molecule has 5 heteroatoms. The molecule has 4 nitrogen and oxygen atoms in total. The number of nitrogens with zero attached hydrogens (tertiary/aromatic N) is 3. The van der Waals surface area contributed by atoms with E-state index in [0.717, 1.165) is 43.4 Å². The van der Waals surface area contributed by atoms with E-state index in [9.17, 15) is 0 Å². The minimum Gasteiger partial charge on any atom is -0.343 e. The molecule has 2 heterocycles. The molecule has 1 N–H and O–H groups in total. The molecule has 1 unspecified atom stereocenters. The van der Waals surface area contributed by atoms with Gasteiger partial charge in [0.25, 0.3) is 0 Å². The van der Waals surface area contributed by atoms with Crippen LogP contribution >= 0.6 is 11.5 Å². The highest BCUT2D eigenvalue weighted by molar-refractivity contribution is 7.09. The van der Waals surface area contributed by atoms with Crippen molar-refractivity contribution in [1.29, 1.82) is 0 Å². The Bertz CT molecular complexity index is 333. The van der Waals surface area contributed by atoms with E-state index >= 15 is 0 Å². The summed E-state index contributed by atoms with van der Waals surface area (Å²) in [7, 11) is 0. The Kier molecular flexibility index (Phi) is 4.74. The van der Waals surface area contributed by atoms with Crippen molar-refractivity contribution in [2.45, 2.75) is 45.6 Å². The van der Waals surface area contributed by atoms with Crippen LogP contribution in [0.3, 0.4) is 0 Å². The number of hydrogen-bond donors (Lipinski definition) is 1. The van der Waals surface area contributed by atoms with E-state index in [0.29, 0.717) is 6.04 Å².